The zero-order valence-electron chi connectivity index (χ0n) is 11.6. The minimum atomic E-state index is -0.533. The van der Waals surface area contributed by atoms with E-state index >= 15 is 0 Å². The van der Waals surface area contributed by atoms with Crippen LogP contribution in [0.25, 0.3) is 6.08 Å². The van der Waals surface area contributed by atoms with Gasteiger partial charge in [-0.3, -0.25) is 10.1 Å². The van der Waals surface area contributed by atoms with Crippen molar-refractivity contribution in [2.75, 3.05) is 5.32 Å². The van der Waals surface area contributed by atoms with E-state index < -0.39 is 11.7 Å². The normalized spacial score (nSPS) is 10.6. The Hall–Kier alpha value is -1.95. The maximum atomic E-state index is 13.1. The number of anilines is 1. The van der Waals surface area contributed by atoms with Gasteiger partial charge in [-0.1, -0.05) is 41.4 Å². The lowest BCUT2D eigenvalue weighted by molar-refractivity contribution is -0.115. The molecule has 0 aliphatic carbocycles. The Morgan fingerprint density at radius 3 is 2.57 bits per heavy atom. The van der Waals surface area contributed by atoms with Gasteiger partial charge in [0.25, 0.3) is 0 Å². The SMILES string of the molecule is O=C(C=Cc1ccccc1Cl)NC(=S)Nc1ccc(F)c(Cl)c1. The Kier molecular flexibility index (Phi) is 6.10. The summed E-state index contributed by atoms with van der Waals surface area (Å²) >= 11 is 16.7. The predicted octanol–water partition coefficient (Wildman–Crippen LogP) is 4.66. The molecule has 0 saturated carbocycles. The Bertz CT molecular complexity index is 780. The molecule has 0 fully saturated rings. The van der Waals surface area contributed by atoms with Crippen LogP contribution in [0.3, 0.4) is 0 Å². The fourth-order valence-corrected chi connectivity index (χ4v) is 2.26. The molecule has 0 unspecified atom stereocenters. The van der Waals surface area contributed by atoms with E-state index in [0.29, 0.717) is 16.3 Å². The molecule has 0 spiro atoms. The summed E-state index contributed by atoms with van der Waals surface area (Å²) in [5.41, 5.74) is 1.19. The quantitative estimate of drug-likeness (QED) is 0.611. The first kappa shape index (κ1) is 17.4. The van der Waals surface area contributed by atoms with Crippen LogP contribution < -0.4 is 10.6 Å². The lowest BCUT2D eigenvalue weighted by Gasteiger charge is -2.08. The van der Waals surface area contributed by atoms with Crippen LogP contribution in [0, 0.1) is 5.82 Å². The molecule has 2 rings (SSSR count). The van der Waals surface area contributed by atoms with Gasteiger partial charge in [0.05, 0.1) is 5.02 Å². The van der Waals surface area contributed by atoms with Gasteiger partial charge in [-0.15, -0.1) is 0 Å². The number of benzene rings is 2. The van der Waals surface area contributed by atoms with Crippen molar-refractivity contribution in [2.24, 2.45) is 0 Å². The van der Waals surface area contributed by atoms with Gasteiger partial charge in [0, 0.05) is 16.8 Å². The lowest BCUT2D eigenvalue weighted by Crippen LogP contribution is -2.32. The number of rotatable bonds is 3. The Labute approximate surface area is 148 Å². The van der Waals surface area contributed by atoms with Crippen LogP contribution in [0.4, 0.5) is 10.1 Å². The molecule has 0 atom stereocenters. The molecule has 2 N–H and O–H groups in total. The van der Waals surface area contributed by atoms with Gasteiger partial charge in [-0.2, -0.15) is 0 Å². The van der Waals surface area contributed by atoms with E-state index in [9.17, 15) is 9.18 Å². The topological polar surface area (TPSA) is 41.1 Å². The number of carbonyl (C=O) groups is 1. The number of amides is 1. The van der Waals surface area contributed by atoms with Crippen molar-refractivity contribution in [3.05, 3.63) is 70.0 Å². The monoisotopic (exact) mass is 368 g/mol. The average molecular weight is 369 g/mol. The molecule has 0 saturated heterocycles. The van der Waals surface area contributed by atoms with E-state index in [-0.39, 0.29) is 10.1 Å². The van der Waals surface area contributed by atoms with Crippen LogP contribution in [0.15, 0.2) is 48.5 Å². The summed E-state index contributed by atoms with van der Waals surface area (Å²) in [6.45, 7) is 0. The summed E-state index contributed by atoms with van der Waals surface area (Å²) in [6.07, 6.45) is 2.89. The maximum absolute atomic E-state index is 13.1. The number of halogens is 3. The van der Waals surface area contributed by atoms with Gasteiger partial charge in [0.1, 0.15) is 5.82 Å². The molecule has 0 radical (unpaired) electrons. The van der Waals surface area contributed by atoms with Crippen molar-refractivity contribution in [2.45, 2.75) is 0 Å². The Morgan fingerprint density at radius 1 is 1.13 bits per heavy atom. The highest BCUT2D eigenvalue weighted by molar-refractivity contribution is 7.80. The van der Waals surface area contributed by atoms with Crippen molar-refractivity contribution in [3.63, 3.8) is 0 Å². The number of carbonyl (C=O) groups excluding carboxylic acids is 1. The van der Waals surface area contributed by atoms with E-state index in [1.54, 1.807) is 24.3 Å². The molecule has 0 aliphatic heterocycles. The van der Waals surface area contributed by atoms with Gasteiger partial charge in [-0.25, -0.2) is 4.39 Å². The number of nitrogens with one attached hydrogen (secondary N) is 2. The fourth-order valence-electron chi connectivity index (χ4n) is 1.67. The van der Waals surface area contributed by atoms with Crippen LogP contribution in [0.2, 0.25) is 10.0 Å². The molecule has 0 aliphatic rings. The van der Waals surface area contributed by atoms with Crippen LogP contribution in [-0.2, 0) is 4.79 Å². The van der Waals surface area contributed by atoms with Gasteiger partial charge in [0.15, 0.2) is 5.11 Å². The van der Waals surface area contributed by atoms with E-state index in [2.05, 4.69) is 10.6 Å². The molecule has 2 aromatic carbocycles. The second-order valence-electron chi connectivity index (χ2n) is 4.43. The van der Waals surface area contributed by atoms with Crippen molar-refractivity contribution in [1.29, 1.82) is 0 Å². The van der Waals surface area contributed by atoms with Gasteiger partial charge >= 0.3 is 0 Å². The lowest BCUT2D eigenvalue weighted by atomic mass is 10.2. The first-order chi connectivity index (χ1) is 11.0. The number of hydrogen-bond donors (Lipinski definition) is 2. The summed E-state index contributed by atoms with van der Waals surface area (Å²) in [7, 11) is 0. The third-order valence-electron chi connectivity index (χ3n) is 2.73. The third kappa shape index (κ3) is 5.32. The van der Waals surface area contributed by atoms with Crippen LogP contribution >= 0.6 is 35.4 Å². The summed E-state index contributed by atoms with van der Waals surface area (Å²) in [5, 5.41) is 5.78. The summed E-state index contributed by atoms with van der Waals surface area (Å²) in [6, 6.07) is 11.1. The highest BCUT2D eigenvalue weighted by Crippen LogP contribution is 2.19. The highest BCUT2D eigenvalue weighted by atomic mass is 35.5. The van der Waals surface area contributed by atoms with E-state index in [1.807, 2.05) is 6.07 Å². The second kappa shape index (κ2) is 8.06. The summed E-state index contributed by atoms with van der Waals surface area (Å²) < 4.78 is 13.1. The Morgan fingerprint density at radius 2 is 1.87 bits per heavy atom. The van der Waals surface area contributed by atoms with Gasteiger partial charge in [0.2, 0.25) is 5.91 Å². The van der Waals surface area contributed by atoms with Crippen molar-refractivity contribution >= 4 is 58.2 Å². The van der Waals surface area contributed by atoms with E-state index in [0.717, 1.165) is 0 Å². The number of hydrogen-bond acceptors (Lipinski definition) is 2. The molecule has 3 nitrogen and oxygen atoms in total. The molecule has 2 aromatic rings. The molecule has 23 heavy (non-hydrogen) atoms. The molecule has 1 amide bonds. The zero-order valence-corrected chi connectivity index (χ0v) is 14.0. The standard InChI is InChI=1S/C16H11Cl2FN2OS/c17-12-4-2-1-3-10(12)5-8-15(22)21-16(23)20-11-6-7-14(19)13(18)9-11/h1-9H,(H2,20,21,22,23). The van der Waals surface area contributed by atoms with Crippen LogP contribution in [0.1, 0.15) is 5.56 Å². The molecule has 0 bridgehead atoms. The van der Waals surface area contributed by atoms with Crippen LogP contribution in [0.5, 0.6) is 0 Å². The Balaban J connectivity index is 1.93. The van der Waals surface area contributed by atoms with Crippen molar-refractivity contribution in [1.82, 2.24) is 5.32 Å². The minimum absolute atomic E-state index is 0.0391. The van der Waals surface area contributed by atoms with Gasteiger partial charge in [-0.05, 0) is 48.1 Å². The van der Waals surface area contributed by atoms with Crippen molar-refractivity contribution in [3.8, 4) is 0 Å². The largest absolute Gasteiger partial charge is 0.332 e. The first-order valence-electron chi connectivity index (χ1n) is 6.45. The minimum Gasteiger partial charge on any atom is -0.332 e. The first-order valence-corrected chi connectivity index (χ1v) is 7.62. The smallest absolute Gasteiger partial charge is 0.250 e. The number of thiocarbonyl (C=S) groups is 1. The van der Waals surface area contributed by atoms with Crippen LogP contribution in [-0.4, -0.2) is 11.0 Å². The molecule has 0 heterocycles. The highest BCUT2D eigenvalue weighted by Gasteiger charge is 2.05. The molecular weight excluding hydrogens is 358 g/mol. The summed E-state index contributed by atoms with van der Waals surface area (Å²) in [5.74, 6) is -0.953. The third-order valence-corrected chi connectivity index (χ3v) is 3.57. The molecule has 7 heteroatoms. The van der Waals surface area contributed by atoms with Gasteiger partial charge < -0.3 is 5.32 Å². The predicted molar refractivity (Wildman–Crippen MR) is 96.3 cm³/mol. The van der Waals surface area contributed by atoms with Crippen molar-refractivity contribution < 1.29 is 9.18 Å². The van der Waals surface area contributed by atoms with E-state index in [4.69, 9.17) is 35.4 Å². The van der Waals surface area contributed by atoms with E-state index in [1.165, 1.54) is 24.3 Å². The average Bonchev–Trinajstić information content (AvgIpc) is 2.50. The molecule has 118 valence electrons. The summed E-state index contributed by atoms with van der Waals surface area (Å²) in [4.78, 5) is 11.8. The zero-order chi connectivity index (χ0) is 16.8. The molecule has 0 aromatic heterocycles. The maximum Gasteiger partial charge on any atom is 0.250 e. The fraction of sp³-hybridized carbons (Fsp3) is 0. The molecular formula is C16H11Cl2FN2OS. The second-order valence-corrected chi connectivity index (χ2v) is 5.65.